The normalized spacial score (nSPS) is 43.8. The monoisotopic (exact) mass is 300 g/mol. The van der Waals surface area contributed by atoms with Crippen molar-refractivity contribution in [3.8, 4) is 0 Å². The second-order valence-electron chi connectivity index (χ2n) is 6.96. The third-order valence-corrected chi connectivity index (χ3v) is 5.10. The van der Waals surface area contributed by atoms with Crippen molar-refractivity contribution in [2.24, 2.45) is 17.8 Å². The van der Waals surface area contributed by atoms with Crippen LogP contribution in [0.15, 0.2) is 0 Å². The number of esters is 1. The lowest BCUT2D eigenvalue weighted by atomic mass is 9.54. The van der Waals surface area contributed by atoms with Crippen LogP contribution in [0.5, 0.6) is 0 Å². The van der Waals surface area contributed by atoms with Gasteiger partial charge < -0.3 is 4.74 Å². The Balaban J connectivity index is 1.76. The fourth-order valence-electron chi connectivity index (χ4n) is 4.47. The lowest BCUT2D eigenvalue weighted by Gasteiger charge is -2.56. The standard InChI is InChI=1S/C14H21BrO2/c1-13(2,15)12(16)17-14-6-9-3-10(7-14)5-11(4-9)8-14/h9-11H,3-8H2,1-2H3. The largest absolute Gasteiger partial charge is 0.458 e. The van der Waals surface area contributed by atoms with E-state index in [9.17, 15) is 4.79 Å². The summed E-state index contributed by atoms with van der Waals surface area (Å²) in [6, 6.07) is 0. The molecule has 0 amide bonds. The molecule has 96 valence electrons. The van der Waals surface area contributed by atoms with Gasteiger partial charge in [-0.1, -0.05) is 15.9 Å². The Morgan fingerprint density at radius 2 is 1.53 bits per heavy atom. The summed E-state index contributed by atoms with van der Waals surface area (Å²) < 4.78 is 5.38. The average molecular weight is 301 g/mol. The van der Waals surface area contributed by atoms with Crippen LogP contribution in [-0.4, -0.2) is 15.9 Å². The Morgan fingerprint density at radius 3 is 1.88 bits per heavy atom. The first kappa shape index (κ1) is 12.0. The zero-order valence-corrected chi connectivity index (χ0v) is 12.3. The topological polar surface area (TPSA) is 26.3 Å². The van der Waals surface area contributed by atoms with E-state index >= 15 is 0 Å². The van der Waals surface area contributed by atoms with Crippen LogP contribution in [0, 0.1) is 17.8 Å². The molecule has 0 unspecified atom stereocenters. The molecule has 3 heteroatoms. The summed E-state index contributed by atoms with van der Waals surface area (Å²) in [5.41, 5.74) is -0.100. The number of rotatable bonds is 2. The number of carbonyl (C=O) groups is 1. The summed E-state index contributed by atoms with van der Waals surface area (Å²) in [6.07, 6.45) is 7.51. The lowest BCUT2D eigenvalue weighted by Crippen LogP contribution is -2.54. The second-order valence-corrected chi connectivity index (χ2v) is 8.95. The van der Waals surface area contributed by atoms with Crippen LogP contribution in [-0.2, 0) is 9.53 Å². The molecule has 0 heterocycles. The first-order valence-electron chi connectivity index (χ1n) is 6.79. The fraction of sp³-hybridized carbons (Fsp3) is 0.929. The van der Waals surface area contributed by atoms with Gasteiger partial charge in [0.2, 0.25) is 0 Å². The van der Waals surface area contributed by atoms with Crippen molar-refractivity contribution in [1.29, 1.82) is 0 Å². The number of halogens is 1. The van der Waals surface area contributed by atoms with E-state index < -0.39 is 4.32 Å². The molecule has 0 N–H and O–H groups in total. The first-order chi connectivity index (χ1) is 7.86. The Kier molecular flexibility index (Phi) is 2.63. The SMILES string of the molecule is CC(C)(Br)C(=O)OC12CC3CC(CC(C3)C1)C2. The van der Waals surface area contributed by atoms with Gasteiger partial charge in [-0.2, -0.15) is 0 Å². The third-order valence-electron chi connectivity index (χ3n) is 4.78. The van der Waals surface area contributed by atoms with E-state index in [1.165, 1.54) is 19.3 Å². The zero-order valence-electron chi connectivity index (χ0n) is 10.7. The second kappa shape index (κ2) is 3.72. The molecular formula is C14H21BrO2. The Bertz CT molecular complexity index is 307. The van der Waals surface area contributed by atoms with Gasteiger partial charge in [0.25, 0.3) is 0 Å². The molecule has 4 fully saturated rings. The summed E-state index contributed by atoms with van der Waals surface area (Å²) in [6.45, 7) is 3.74. The molecule has 17 heavy (non-hydrogen) atoms. The molecule has 0 aromatic carbocycles. The molecule has 4 bridgehead atoms. The van der Waals surface area contributed by atoms with Crippen LogP contribution in [0.3, 0.4) is 0 Å². The summed E-state index contributed by atoms with van der Waals surface area (Å²) in [7, 11) is 0. The maximum Gasteiger partial charge on any atom is 0.322 e. The molecule has 0 aromatic rings. The summed E-state index contributed by atoms with van der Waals surface area (Å²) in [5, 5.41) is 0. The van der Waals surface area contributed by atoms with E-state index in [0.29, 0.717) is 0 Å². The summed E-state index contributed by atoms with van der Waals surface area (Å²) >= 11 is 3.41. The predicted octanol–water partition coefficient (Wildman–Crippen LogP) is 3.67. The van der Waals surface area contributed by atoms with Gasteiger partial charge in [-0.15, -0.1) is 0 Å². The van der Waals surface area contributed by atoms with Crippen molar-refractivity contribution < 1.29 is 9.53 Å². The average Bonchev–Trinajstić information content (AvgIpc) is 2.12. The number of hydrogen-bond acceptors (Lipinski definition) is 2. The van der Waals surface area contributed by atoms with Crippen LogP contribution in [0.4, 0.5) is 0 Å². The molecule has 4 saturated carbocycles. The highest BCUT2D eigenvalue weighted by Crippen LogP contribution is 2.57. The van der Waals surface area contributed by atoms with Crippen LogP contribution >= 0.6 is 15.9 Å². The molecule has 4 rings (SSSR count). The Morgan fingerprint density at radius 1 is 1.12 bits per heavy atom. The van der Waals surface area contributed by atoms with Crippen molar-refractivity contribution in [1.82, 2.24) is 0 Å². The maximum absolute atomic E-state index is 12.1. The van der Waals surface area contributed by atoms with Gasteiger partial charge >= 0.3 is 5.97 Å². The highest BCUT2D eigenvalue weighted by Gasteiger charge is 2.53. The molecule has 0 aliphatic heterocycles. The van der Waals surface area contributed by atoms with Crippen LogP contribution in [0.25, 0.3) is 0 Å². The van der Waals surface area contributed by atoms with Gasteiger partial charge in [0.05, 0.1) is 0 Å². The van der Waals surface area contributed by atoms with Gasteiger partial charge in [-0.3, -0.25) is 4.79 Å². The fourth-order valence-corrected chi connectivity index (χ4v) is 4.56. The lowest BCUT2D eigenvalue weighted by molar-refractivity contribution is -0.188. The third kappa shape index (κ3) is 2.16. The summed E-state index contributed by atoms with van der Waals surface area (Å²) in [5.74, 6) is 2.40. The number of ether oxygens (including phenoxy) is 1. The van der Waals surface area contributed by atoms with E-state index in [-0.39, 0.29) is 11.6 Å². The minimum absolute atomic E-state index is 0.0838. The smallest absolute Gasteiger partial charge is 0.322 e. The number of hydrogen-bond donors (Lipinski definition) is 0. The number of alkyl halides is 1. The Hall–Kier alpha value is -0.0500. The number of carbonyl (C=O) groups excluding carboxylic acids is 1. The van der Waals surface area contributed by atoms with E-state index in [1.54, 1.807) is 0 Å². The maximum atomic E-state index is 12.1. The zero-order chi connectivity index (χ0) is 12.3. The van der Waals surface area contributed by atoms with Crippen LogP contribution in [0.1, 0.15) is 52.4 Å². The van der Waals surface area contributed by atoms with Crippen molar-refractivity contribution >= 4 is 21.9 Å². The molecular weight excluding hydrogens is 280 g/mol. The van der Waals surface area contributed by atoms with Crippen molar-refractivity contribution in [2.45, 2.75) is 62.3 Å². The molecule has 0 spiro atoms. The van der Waals surface area contributed by atoms with Crippen molar-refractivity contribution in [3.05, 3.63) is 0 Å². The Labute approximate surface area is 112 Å². The predicted molar refractivity (Wildman–Crippen MR) is 70.0 cm³/mol. The van der Waals surface area contributed by atoms with Crippen molar-refractivity contribution in [2.75, 3.05) is 0 Å². The van der Waals surface area contributed by atoms with Crippen LogP contribution in [0.2, 0.25) is 0 Å². The summed E-state index contributed by atoms with van der Waals surface area (Å²) in [4.78, 5) is 12.1. The quantitative estimate of drug-likeness (QED) is 0.574. The molecule has 0 saturated heterocycles. The van der Waals surface area contributed by atoms with E-state index in [0.717, 1.165) is 37.0 Å². The molecule has 4 aliphatic rings. The highest BCUT2D eigenvalue weighted by molar-refractivity contribution is 9.10. The van der Waals surface area contributed by atoms with Gasteiger partial charge in [-0.25, -0.2) is 0 Å². The first-order valence-corrected chi connectivity index (χ1v) is 7.58. The molecule has 2 nitrogen and oxygen atoms in total. The van der Waals surface area contributed by atoms with Crippen molar-refractivity contribution in [3.63, 3.8) is 0 Å². The highest BCUT2D eigenvalue weighted by atomic mass is 79.9. The van der Waals surface area contributed by atoms with Gasteiger partial charge in [0.15, 0.2) is 0 Å². The minimum atomic E-state index is -0.545. The molecule has 4 aliphatic carbocycles. The van der Waals surface area contributed by atoms with Gasteiger partial charge in [-0.05, 0) is 70.1 Å². The van der Waals surface area contributed by atoms with Gasteiger partial charge in [0, 0.05) is 0 Å². The van der Waals surface area contributed by atoms with E-state index in [4.69, 9.17) is 4.74 Å². The molecule has 0 aromatic heterocycles. The van der Waals surface area contributed by atoms with Crippen LogP contribution < -0.4 is 0 Å². The van der Waals surface area contributed by atoms with E-state index in [2.05, 4.69) is 15.9 Å². The van der Waals surface area contributed by atoms with E-state index in [1.807, 2.05) is 13.8 Å². The minimum Gasteiger partial charge on any atom is -0.458 e. The molecule has 0 atom stereocenters. The molecule has 0 radical (unpaired) electrons. The van der Waals surface area contributed by atoms with Gasteiger partial charge in [0.1, 0.15) is 9.93 Å².